The van der Waals surface area contributed by atoms with Crippen molar-refractivity contribution in [2.75, 3.05) is 20.7 Å². The minimum atomic E-state index is -0.568. The number of hydrogen-bond acceptors (Lipinski definition) is 7. The zero-order valence-corrected chi connectivity index (χ0v) is 22.7. The van der Waals surface area contributed by atoms with Crippen molar-refractivity contribution in [1.82, 2.24) is 15.1 Å². The molecule has 0 radical (unpaired) electrons. The third-order valence-electron chi connectivity index (χ3n) is 7.70. The number of benzene rings is 4. The van der Waals surface area contributed by atoms with Crippen molar-refractivity contribution in [3.05, 3.63) is 90.0 Å². The van der Waals surface area contributed by atoms with E-state index in [1.807, 2.05) is 48.5 Å². The number of aromatic hydroxyl groups is 2. The van der Waals surface area contributed by atoms with Gasteiger partial charge in [-0.1, -0.05) is 42.5 Å². The Bertz CT molecular complexity index is 1670. The third-order valence-corrected chi connectivity index (χ3v) is 7.70. The van der Waals surface area contributed by atoms with Crippen molar-refractivity contribution >= 4 is 28.5 Å². The van der Waals surface area contributed by atoms with Gasteiger partial charge in [0, 0.05) is 20.5 Å². The zero-order valence-electron chi connectivity index (χ0n) is 22.7. The average molecular weight is 551 g/mol. The third kappa shape index (κ3) is 5.02. The first-order valence-electron chi connectivity index (χ1n) is 13.4. The monoisotopic (exact) mass is 550 g/mol. The molecule has 1 saturated heterocycles. The molecule has 41 heavy (non-hydrogen) atoms. The first-order chi connectivity index (χ1) is 19.8. The number of rotatable bonds is 7. The number of fused-ring (bicyclic) bond motifs is 2. The van der Waals surface area contributed by atoms with Gasteiger partial charge in [0.1, 0.15) is 29.1 Å². The van der Waals surface area contributed by atoms with E-state index in [2.05, 4.69) is 16.4 Å². The summed E-state index contributed by atoms with van der Waals surface area (Å²) in [6, 6.07) is 23.6. The molecule has 208 valence electrons. The van der Waals surface area contributed by atoms with Crippen LogP contribution in [0.3, 0.4) is 0 Å². The summed E-state index contributed by atoms with van der Waals surface area (Å²) in [5.41, 5.74) is 4.28. The van der Waals surface area contributed by atoms with Gasteiger partial charge < -0.3 is 25.2 Å². The molecule has 3 amide bonds. The number of phenols is 2. The van der Waals surface area contributed by atoms with Crippen LogP contribution >= 0.6 is 0 Å². The van der Waals surface area contributed by atoms with Gasteiger partial charge in [0.05, 0.1) is 6.61 Å². The summed E-state index contributed by atoms with van der Waals surface area (Å²) in [6.45, 7) is 0.365. The van der Waals surface area contributed by atoms with Crippen molar-refractivity contribution in [1.29, 1.82) is 0 Å². The van der Waals surface area contributed by atoms with Gasteiger partial charge >= 0.3 is 6.03 Å². The number of carbonyl (C=O) groups is 2. The van der Waals surface area contributed by atoms with Gasteiger partial charge in [0.15, 0.2) is 6.17 Å². The summed E-state index contributed by atoms with van der Waals surface area (Å²) in [5, 5.41) is 24.9. The van der Waals surface area contributed by atoms with Crippen molar-refractivity contribution in [3.63, 3.8) is 0 Å². The number of aliphatic imine (C=N–C) groups is 1. The highest BCUT2D eigenvalue weighted by Gasteiger charge is 2.46. The van der Waals surface area contributed by atoms with Gasteiger partial charge in [-0.15, -0.1) is 0 Å². The topological polar surface area (TPSA) is 115 Å². The van der Waals surface area contributed by atoms with Gasteiger partial charge in [0.2, 0.25) is 0 Å². The molecule has 2 atom stereocenters. The van der Waals surface area contributed by atoms with Crippen molar-refractivity contribution < 1.29 is 24.5 Å². The maximum Gasteiger partial charge on any atom is 0.328 e. The Morgan fingerprint density at radius 1 is 0.902 bits per heavy atom. The minimum Gasteiger partial charge on any atom is -0.508 e. The molecule has 6 rings (SSSR count). The maximum absolute atomic E-state index is 12.5. The highest BCUT2D eigenvalue weighted by atomic mass is 16.5. The van der Waals surface area contributed by atoms with Crippen molar-refractivity contribution in [3.8, 4) is 28.4 Å². The summed E-state index contributed by atoms with van der Waals surface area (Å²) in [6.07, 6.45) is 0.605. The number of amidine groups is 1. The fraction of sp³-hybridized carbons (Fsp3) is 0.219. The SMILES string of the molecule is CN1C(=O)C2NC(CCOc3ccc(Cc4c(-c5ccc(O)cc5)ccc5cc(O)ccc45)cc3)=NC2N(C)C1=O. The Balaban J connectivity index is 1.15. The number of amides is 3. The van der Waals surface area contributed by atoms with Crippen LogP contribution in [0, 0.1) is 0 Å². The standard InChI is InChI=1S/C32H30N4O5/c1-35-30-29(31(39)36(2)32(35)40)33-28(34-30)15-16-41-24-11-3-19(4-12-24)17-27-25(20-5-8-22(37)9-6-20)13-7-21-18-23(38)10-14-26(21)27/h3-14,18,29-30,37-38H,15-17H2,1-2H3,(H,33,34). The second kappa shape index (κ2) is 10.5. The molecule has 9 heteroatoms. The Labute approximate surface area is 237 Å². The predicted molar refractivity (Wildman–Crippen MR) is 156 cm³/mol. The quantitative estimate of drug-likeness (QED) is 0.312. The van der Waals surface area contributed by atoms with Gasteiger partial charge in [-0.05, 0) is 75.8 Å². The van der Waals surface area contributed by atoms with E-state index in [0.717, 1.165) is 43.7 Å². The number of imide groups is 1. The molecule has 0 spiro atoms. The smallest absolute Gasteiger partial charge is 0.328 e. The summed E-state index contributed by atoms with van der Waals surface area (Å²) in [4.78, 5) is 31.8. The first kappa shape index (κ1) is 26.2. The van der Waals surface area contributed by atoms with Crippen LogP contribution in [-0.2, 0) is 11.2 Å². The second-order valence-electron chi connectivity index (χ2n) is 10.4. The highest BCUT2D eigenvalue weighted by molar-refractivity contribution is 6.03. The van der Waals surface area contributed by atoms with Crippen molar-refractivity contribution in [2.45, 2.75) is 25.0 Å². The van der Waals surface area contributed by atoms with E-state index < -0.39 is 12.2 Å². The van der Waals surface area contributed by atoms with Gasteiger partial charge in [-0.3, -0.25) is 9.69 Å². The van der Waals surface area contributed by atoms with Crippen LogP contribution in [0.1, 0.15) is 17.5 Å². The van der Waals surface area contributed by atoms with Crippen LogP contribution in [0.4, 0.5) is 4.79 Å². The van der Waals surface area contributed by atoms with Crippen molar-refractivity contribution in [2.24, 2.45) is 4.99 Å². The molecule has 4 aromatic carbocycles. The van der Waals surface area contributed by atoms with Gasteiger partial charge in [0.25, 0.3) is 5.91 Å². The zero-order chi connectivity index (χ0) is 28.7. The molecule has 4 aromatic rings. The van der Waals surface area contributed by atoms with Crippen LogP contribution in [-0.4, -0.2) is 70.7 Å². The Morgan fingerprint density at radius 3 is 2.39 bits per heavy atom. The van der Waals surface area contributed by atoms with E-state index in [4.69, 9.17) is 4.74 Å². The molecule has 0 bridgehead atoms. The Morgan fingerprint density at radius 2 is 1.63 bits per heavy atom. The number of phenolic OH excluding ortho intramolecular Hbond substituents is 2. The predicted octanol–water partition coefficient (Wildman–Crippen LogP) is 4.50. The van der Waals surface area contributed by atoms with Gasteiger partial charge in [-0.2, -0.15) is 0 Å². The molecule has 2 heterocycles. The molecule has 2 aliphatic heterocycles. The Kier molecular flexibility index (Phi) is 6.70. The molecule has 2 unspecified atom stereocenters. The molecule has 3 N–H and O–H groups in total. The molecule has 0 aromatic heterocycles. The lowest BCUT2D eigenvalue weighted by Gasteiger charge is -2.36. The van der Waals surface area contributed by atoms with E-state index >= 15 is 0 Å². The molecule has 9 nitrogen and oxygen atoms in total. The number of urea groups is 1. The highest BCUT2D eigenvalue weighted by Crippen LogP contribution is 2.34. The number of hydrogen-bond donors (Lipinski definition) is 3. The summed E-state index contributed by atoms with van der Waals surface area (Å²) in [7, 11) is 3.12. The van der Waals surface area contributed by atoms with Crippen LogP contribution in [0.25, 0.3) is 21.9 Å². The molecular formula is C32H30N4O5. The second-order valence-corrected chi connectivity index (χ2v) is 10.4. The number of carbonyl (C=O) groups excluding carboxylic acids is 2. The first-order valence-corrected chi connectivity index (χ1v) is 13.4. The van der Waals surface area contributed by atoms with Gasteiger partial charge in [-0.25, -0.2) is 9.79 Å². The minimum absolute atomic E-state index is 0.217. The fourth-order valence-corrected chi connectivity index (χ4v) is 5.47. The fourth-order valence-electron chi connectivity index (χ4n) is 5.47. The molecule has 1 fully saturated rings. The van der Waals surface area contributed by atoms with E-state index in [9.17, 15) is 19.8 Å². The lowest BCUT2D eigenvalue weighted by Crippen LogP contribution is -2.63. The van der Waals surface area contributed by atoms with E-state index in [1.54, 1.807) is 31.3 Å². The number of ether oxygens (including phenoxy) is 1. The lowest BCUT2D eigenvalue weighted by atomic mass is 9.90. The van der Waals surface area contributed by atoms with Crippen LogP contribution in [0.2, 0.25) is 0 Å². The molecule has 0 saturated carbocycles. The molecule has 0 aliphatic carbocycles. The maximum atomic E-state index is 12.5. The van der Waals surface area contributed by atoms with E-state index in [1.165, 1.54) is 11.9 Å². The summed E-state index contributed by atoms with van der Waals surface area (Å²) >= 11 is 0. The van der Waals surface area contributed by atoms with E-state index in [-0.39, 0.29) is 23.4 Å². The number of likely N-dealkylation sites (N-methyl/N-ethyl adjacent to an activating group) is 2. The average Bonchev–Trinajstić information content (AvgIpc) is 3.41. The summed E-state index contributed by atoms with van der Waals surface area (Å²) in [5.74, 6) is 1.51. The molecular weight excluding hydrogens is 520 g/mol. The normalized spacial score (nSPS) is 18.3. The summed E-state index contributed by atoms with van der Waals surface area (Å²) < 4.78 is 5.96. The largest absolute Gasteiger partial charge is 0.508 e. The number of nitrogens with zero attached hydrogens (tertiary/aromatic N) is 3. The molecule has 2 aliphatic rings. The van der Waals surface area contributed by atoms with Crippen LogP contribution < -0.4 is 10.1 Å². The number of nitrogens with one attached hydrogen (secondary N) is 1. The van der Waals surface area contributed by atoms with Crippen LogP contribution in [0.5, 0.6) is 17.2 Å². The lowest BCUT2D eigenvalue weighted by molar-refractivity contribution is -0.133. The Hall–Kier alpha value is -5.05. The van der Waals surface area contributed by atoms with E-state index in [0.29, 0.717) is 25.3 Å². The van der Waals surface area contributed by atoms with Crippen LogP contribution in [0.15, 0.2) is 83.9 Å².